The smallest absolute Gasteiger partial charge is 0.343 e. The molecule has 0 unspecified atom stereocenters. The van der Waals surface area contributed by atoms with E-state index in [1.54, 1.807) is 30.4 Å². The third-order valence-corrected chi connectivity index (χ3v) is 6.65. The second kappa shape index (κ2) is 9.26. The van der Waals surface area contributed by atoms with Crippen molar-refractivity contribution in [2.24, 2.45) is 5.41 Å². The first-order valence-electron chi connectivity index (χ1n) is 10.9. The molecule has 8 nitrogen and oxygen atoms in total. The zero-order valence-electron chi connectivity index (χ0n) is 19.8. The van der Waals surface area contributed by atoms with Gasteiger partial charge in [-0.25, -0.2) is 13.2 Å². The maximum Gasteiger partial charge on any atom is 0.343 e. The number of benzene rings is 1. The molecule has 0 atom stereocenters. The van der Waals surface area contributed by atoms with Gasteiger partial charge in [-0.3, -0.25) is 4.72 Å². The predicted octanol–water partition coefficient (Wildman–Crippen LogP) is 4.49. The normalized spacial score (nSPS) is 16.5. The van der Waals surface area contributed by atoms with Crippen LogP contribution in [-0.4, -0.2) is 14.2 Å². The third kappa shape index (κ3) is 5.25. The van der Waals surface area contributed by atoms with Crippen LogP contribution in [0, 0.1) is 39.9 Å². The third-order valence-electron chi connectivity index (χ3n) is 5.37. The maximum absolute atomic E-state index is 12.7. The summed E-state index contributed by atoms with van der Waals surface area (Å²) < 4.78 is 38.4. The molecular formula is C27H21N3O5S. The first-order chi connectivity index (χ1) is 17.0. The van der Waals surface area contributed by atoms with Gasteiger partial charge in [-0.15, -0.1) is 0 Å². The summed E-state index contributed by atoms with van der Waals surface area (Å²) in [7, 11) is -3.54. The zero-order chi connectivity index (χ0) is 26.1. The molecule has 0 saturated heterocycles. The van der Waals surface area contributed by atoms with Crippen LogP contribution in [-0.2, 0) is 14.8 Å². The van der Waals surface area contributed by atoms with Gasteiger partial charge in [-0.05, 0) is 42.5 Å². The van der Waals surface area contributed by atoms with Crippen LogP contribution in [0.4, 0.5) is 5.69 Å². The Balaban J connectivity index is 1.76. The van der Waals surface area contributed by atoms with Gasteiger partial charge in [-0.1, -0.05) is 32.6 Å². The number of nitriles is 2. The first-order valence-corrected chi connectivity index (χ1v) is 12.6. The number of allylic oxidation sites excluding steroid dienone is 6. The van der Waals surface area contributed by atoms with Crippen LogP contribution < -0.4 is 10.3 Å². The minimum atomic E-state index is -3.54. The summed E-state index contributed by atoms with van der Waals surface area (Å²) in [6, 6.07) is 8.46. The molecule has 1 aromatic heterocycles. The molecule has 0 spiro atoms. The summed E-state index contributed by atoms with van der Waals surface area (Å²) in [5.74, 6) is 6.50. The highest BCUT2D eigenvalue weighted by Crippen LogP contribution is 2.34. The van der Waals surface area contributed by atoms with Crippen LogP contribution in [0.25, 0.3) is 17.0 Å². The van der Waals surface area contributed by atoms with Gasteiger partial charge in [0.15, 0.2) is 0 Å². The van der Waals surface area contributed by atoms with Crippen LogP contribution in [0.5, 0.6) is 0 Å². The fourth-order valence-corrected chi connectivity index (χ4v) is 4.47. The van der Waals surface area contributed by atoms with Crippen molar-refractivity contribution in [1.29, 1.82) is 10.5 Å². The average Bonchev–Trinajstić information content (AvgIpc) is 2.80. The summed E-state index contributed by atoms with van der Waals surface area (Å²) in [6.07, 6.45) is 6.45. The second-order valence-electron chi connectivity index (χ2n) is 9.19. The van der Waals surface area contributed by atoms with Gasteiger partial charge in [0.1, 0.15) is 34.8 Å². The Labute approximate surface area is 208 Å². The number of hydrogen-bond acceptors (Lipinski definition) is 7. The van der Waals surface area contributed by atoms with E-state index in [0.717, 1.165) is 0 Å². The Bertz CT molecular complexity index is 1710. The Hall–Kier alpha value is -4.52. The molecular weight excluding hydrogens is 478 g/mol. The van der Waals surface area contributed by atoms with Crippen molar-refractivity contribution < 1.29 is 17.6 Å². The summed E-state index contributed by atoms with van der Waals surface area (Å²) >= 11 is 0. The molecule has 0 radical (unpaired) electrons. The largest absolute Gasteiger partial charge is 0.461 e. The first kappa shape index (κ1) is 24.6. The zero-order valence-corrected chi connectivity index (χ0v) is 20.6. The van der Waals surface area contributed by atoms with Crippen molar-refractivity contribution >= 4 is 32.8 Å². The van der Waals surface area contributed by atoms with Crippen LogP contribution in [0.1, 0.15) is 38.3 Å². The Morgan fingerprint density at radius 1 is 1.14 bits per heavy atom. The molecule has 180 valence electrons. The lowest BCUT2D eigenvalue weighted by atomic mass is 9.90. The lowest BCUT2D eigenvalue weighted by Gasteiger charge is -2.26. The van der Waals surface area contributed by atoms with Gasteiger partial charge >= 0.3 is 5.63 Å². The lowest BCUT2D eigenvalue weighted by Crippen LogP contribution is -2.18. The van der Waals surface area contributed by atoms with Crippen molar-refractivity contribution in [2.75, 3.05) is 10.5 Å². The second-order valence-corrected chi connectivity index (χ2v) is 11.0. The molecule has 0 aliphatic carbocycles. The topological polar surface area (TPSA) is 133 Å². The molecule has 36 heavy (non-hydrogen) atoms. The minimum Gasteiger partial charge on any atom is -0.461 e. The minimum absolute atomic E-state index is 0.0572. The lowest BCUT2D eigenvalue weighted by molar-refractivity contribution is 0.223. The fraction of sp³-hybridized carbons (Fsp3) is 0.222. The van der Waals surface area contributed by atoms with Gasteiger partial charge in [0.2, 0.25) is 10.0 Å². The van der Waals surface area contributed by atoms with E-state index in [4.69, 9.17) is 9.15 Å². The predicted molar refractivity (Wildman–Crippen MR) is 135 cm³/mol. The number of nitrogens with zero attached hydrogens (tertiary/aromatic N) is 2. The summed E-state index contributed by atoms with van der Waals surface area (Å²) in [6.45, 7) is 5.80. The molecule has 9 heteroatoms. The number of hydrogen-bond donors (Lipinski definition) is 1. The molecule has 4 rings (SSSR count). The maximum atomic E-state index is 12.7. The Kier molecular flexibility index (Phi) is 6.33. The average molecular weight is 500 g/mol. The van der Waals surface area contributed by atoms with Gasteiger partial charge < -0.3 is 9.15 Å². The number of rotatable bonds is 2. The SMILES string of the molecule is CC(C)(C)C1=CC(=C(C#N)C#N)C=C(/C=C/c2cc3cc4c(cc3oc2=O)C#CCCS(=O)(=O)N4)O1. The molecule has 0 amide bonds. The molecule has 2 aromatic rings. The standard InChI is InChI=1S/C27H21N3O5S/c1-27(2,3)25-14-19(21(15-28)16-29)11-22(34-25)8-7-18-10-20-12-23-17(13-24(20)35-26(18)31)6-4-5-9-36(32,33)30-23/h7-8,10-14,30H,5,9H2,1-3H3/b8-7+. The van der Waals surface area contributed by atoms with E-state index in [0.29, 0.717) is 33.7 Å². The van der Waals surface area contributed by atoms with Crippen LogP contribution in [0.15, 0.2) is 68.3 Å². The molecule has 1 N–H and O–H groups in total. The molecule has 2 aliphatic heterocycles. The Morgan fingerprint density at radius 2 is 1.89 bits per heavy atom. The van der Waals surface area contributed by atoms with Crippen molar-refractivity contribution in [3.8, 4) is 24.0 Å². The highest BCUT2D eigenvalue weighted by atomic mass is 32.2. The van der Waals surface area contributed by atoms with E-state index in [-0.39, 0.29) is 28.9 Å². The van der Waals surface area contributed by atoms with E-state index in [2.05, 4.69) is 16.6 Å². The molecule has 0 fully saturated rings. The highest BCUT2D eigenvalue weighted by molar-refractivity contribution is 7.92. The molecule has 0 bridgehead atoms. The van der Waals surface area contributed by atoms with Crippen molar-refractivity contribution in [3.63, 3.8) is 0 Å². The monoisotopic (exact) mass is 499 g/mol. The van der Waals surface area contributed by atoms with E-state index in [1.165, 1.54) is 12.1 Å². The number of anilines is 1. The number of fused-ring (bicyclic) bond motifs is 2. The van der Waals surface area contributed by atoms with E-state index in [1.807, 2.05) is 32.9 Å². The summed E-state index contributed by atoms with van der Waals surface area (Å²) in [5.41, 5.74) is 0.553. The number of sulfonamides is 1. The Morgan fingerprint density at radius 3 is 2.58 bits per heavy atom. The van der Waals surface area contributed by atoms with Crippen molar-refractivity contribution in [1.82, 2.24) is 0 Å². The van der Waals surface area contributed by atoms with E-state index in [9.17, 15) is 23.7 Å². The highest BCUT2D eigenvalue weighted by Gasteiger charge is 2.24. The molecule has 0 saturated carbocycles. The number of nitrogens with one attached hydrogen (secondary N) is 1. The van der Waals surface area contributed by atoms with Crippen LogP contribution >= 0.6 is 0 Å². The van der Waals surface area contributed by atoms with Crippen molar-refractivity contribution in [3.05, 3.63) is 80.6 Å². The van der Waals surface area contributed by atoms with Crippen LogP contribution in [0.3, 0.4) is 0 Å². The fourth-order valence-electron chi connectivity index (χ4n) is 3.49. The van der Waals surface area contributed by atoms with Crippen molar-refractivity contribution in [2.45, 2.75) is 27.2 Å². The summed E-state index contributed by atoms with van der Waals surface area (Å²) in [5, 5.41) is 19.1. The number of ether oxygens (including phenoxy) is 1. The van der Waals surface area contributed by atoms with E-state index < -0.39 is 21.1 Å². The van der Waals surface area contributed by atoms with Gasteiger partial charge in [-0.2, -0.15) is 10.5 Å². The van der Waals surface area contributed by atoms with Crippen LogP contribution in [0.2, 0.25) is 0 Å². The van der Waals surface area contributed by atoms with Gasteiger partial charge in [0, 0.05) is 22.8 Å². The van der Waals surface area contributed by atoms with Gasteiger partial charge in [0.05, 0.1) is 22.6 Å². The molecule has 2 aliphatic rings. The van der Waals surface area contributed by atoms with E-state index >= 15 is 0 Å². The summed E-state index contributed by atoms with van der Waals surface area (Å²) in [4.78, 5) is 12.7. The quantitative estimate of drug-likeness (QED) is 0.366. The molecule has 1 aromatic carbocycles. The van der Waals surface area contributed by atoms with Gasteiger partial charge in [0.25, 0.3) is 0 Å². The molecule has 3 heterocycles.